The summed E-state index contributed by atoms with van der Waals surface area (Å²) in [5, 5.41) is 12.3. The number of nitrogens with one attached hydrogen (secondary N) is 1. The van der Waals surface area contributed by atoms with Gasteiger partial charge >= 0.3 is 0 Å². The summed E-state index contributed by atoms with van der Waals surface area (Å²) in [4.78, 5) is 11.2. The normalized spacial score (nSPS) is 13.1. The van der Waals surface area contributed by atoms with Gasteiger partial charge in [-0.3, -0.25) is 4.79 Å². The summed E-state index contributed by atoms with van der Waals surface area (Å²) in [6, 6.07) is 27.5. The van der Waals surface area contributed by atoms with Crippen molar-refractivity contribution in [3.05, 3.63) is 113 Å². The molecule has 2 N–H and O–H groups in total. The molecule has 1 aliphatic carbocycles. The number of benzene rings is 3. The highest BCUT2D eigenvalue weighted by Crippen LogP contribution is 2.39. The quantitative estimate of drug-likeness (QED) is 0.390. The lowest BCUT2D eigenvalue weighted by Crippen LogP contribution is -2.15. The first kappa shape index (κ1) is 21.0. The van der Waals surface area contributed by atoms with Gasteiger partial charge in [-0.2, -0.15) is 0 Å². The van der Waals surface area contributed by atoms with Crippen molar-refractivity contribution in [1.82, 2.24) is 5.32 Å². The summed E-state index contributed by atoms with van der Waals surface area (Å²) in [5.41, 5.74) is 9.16. The van der Waals surface area contributed by atoms with E-state index in [4.69, 9.17) is 5.11 Å². The standard InChI is InChI=1S/C28H27NO2/c30-20-25(31)15-14-21-10-12-22(13-11-21)19-29-17-16-27-26-9-5-4-8-24(26)18-28(27)23-6-2-1-3-7-23/h1-15,29-30H,16-20H2/b15-14+. The zero-order valence-corrected chi connectivity index (χ0v) is 17.6. The Balaban J connectivity index is 1.38. The van der Waals surface area contributed by atoms with E-state index in [9.17, 15) is 4.79 Å². The van der Waals surface area contributed by atoms with Crippen molar-refractivity contribution in [2.75, 3.05) is 13.2 Å². The fourth-order valence-electron chi connectivity index (χ4n) is 4.06. The van der Waals surface area contributed by atoms with Crippen molar-refractivity contribution in [2.45, 2.75) is 19.4 Å². The fraction of sp³-hybridized carbons (Fsp3) is 0.179. The van der Waals surface area contributed by atoms with Crippen molar-refractivity contribution in [2.24, 2.45) is 0 Å². The topological polar surface area (TPSA) is 49.3 Å². The second-order valence-corrected chi connectivity index (χ2v) is 7.78. The van der Waals surface area contributed by atoms with Gasteiger partial charge in [-0.05, 0) is 64.4 Å². The minimum atomic E-state index is -0.453. The molecule has 0 amide bonds. The number of carbonyl (C=O) groups is 1. The Morgan fingerprint density at radius 1 is 0.935 bits per heavy atom. The molecule has 0 bridgehead atoms. The minimum absolute atomic E-state index is 0.289. The highest BCUT2D eigenvalue weighted by atomic mass is 16.3. The highest BCUT2D eigenvalue weighted by molar-refractivity contribution is 5.97. The monoisotopic (exact) mass is 409 g/mol. The molecule has 3 aromatic carbocycles. The van der Waals surface area contributed by atoms with E-state index in [2.05, 4.69) is 72.0 Å². The number of fused-ring (bicyclic) bond motifs is 1. The van der Waals surface area contributed by atoms with Crippen LogP contribution >= 0.6 is 0 Å². The summed E-state index contributed by atoms with van der Waals surface area (Å²) >= 11 is 0. The smallest absolute Gasteiger partial charge is 0.181 e. The zero-order valence-electron chi connectivity index (χ0n) is 17.6. The second-order valence-electron chi connectivity index (χ2n) is 7.78. The highest BCUT2D eigenvalue weighted by Gasteiger charge is 2.21. The Labute approximate surface area is 183 Å². The van der Waals surface area contributed by atoms with Crippen LogP contribution in [0.3, 0.4) is 0 Å². The number of aliphatic hydroxyl groups is 1. The van der Waals surface area contributed by atoms with E-state index < -0.39 is 6.61 Å². The Kier molecular flexibility index (Phi) is 6.88. The van der Waals surface area contributed by atoms with Crippen LogP contribution in [0.2, 0.25) is 0 Å². The van der Waals surface area contributed by atoms with Crippen molar-refractivity contribution in [3.63, 3.8) is 0 Å². The SMILES string of the molecule is O=C(/C=C/c1ccc(CNCCC2=C(c3ccccc3)Cc3ccccc32)cc1)CO. The Morgan fingerprint density at radius 3 is 2.45 bits per heavy atom. The van der Waals surface area contributed by atoms with Crippen molar-refractivity contribution in [3.8, 4) is 0 Å². The number of rotatable bonds is 9. The van der Waals surface area contributed by atoms with Crippen LogP contribution in [0.25, 0.3) is 17.2 Å². The molecular weight excluding hydrogens is 382 g/mol. The van der Waals surface area contributed by atoms with Gasteiger partial charge in [-0.1, -0.05) is 84.9 Å². The van der Waals surface area contributed by atoms with Crippen LogP contribution < -0.4 is 5.32 Å². The van der Waals surface area contributed by atoms with Gasteiger partial charge in [0.15, 0.2) is 5.78 Å². The van der Waals surface area contributed by atoms with Crippen LogP contribution in [-0.2, 0) is 17.8 Å². The van der Waals surface area contributed by atoms with E-state index in [0.717, 1.165) is 31.5 Å². The number of ketones is 1. The van der Waals surface area contributed by atoms with Gasteiger partial charge in [-0.25, -0.2) is 0 Å². The van der Waals surface area contributed by atoms with Crippen LogP contribution in [0.5, 0.6) is 0 Å². The molecule has 0 radical (unpaired) electrons. The third-order valence-corrected chi connectivity index (χ3v) is 5.67. The van der Waals surface area contributed by atoms with Gasteiger partial charge in [0.1, 0.15) is 6.61 Å². The zero-order chi connectivity index (χ0) is 21.5. The molecule has 0 fully saturated rings. The van der Waals surface area contributed by atoms with Gasteiger partial charge in [-0.15, -0.1) is 0 Å². The van der Waals surface area contributed by atoms with Crippen LogP contribution in [-0.4, -0.2) is 24.0 Å². The molecule has 0 unspecified atom stereocenters. The summed E-state index contributed by atoms with van der Waals surface area (Å²) in [6.07, 6.45) is 5.13. The van der Waals surface area contributed by atoms with Gasteiger partial charge < -0.3 is 10.4 Å². The number of hydrogen-bond acceptors (Lipinski definition) is 3. The first-order valence-electron chi connectivity index (χ1n) is 10.7. The van der Waals surface area contributed by atoms with Crippen LogP contribution in [0.1, 0.15) is 34.2 Å². The lowest BCUT2D eigenvalue weighted by atomic mass is 9.98. The van der Waals surface area contributed by atoms with Crippen LogP contribution in [0, 0.1) is 0 Å². The molecule has 0 heterocycles. The maximum atomic E-state index is 11.2. The Bertz CT molecular complexity index is 1100. The first-order valence-corrected chi connectivity index (χ1v) is 10.7. The lowest BCUT2D eigenvalue weighted by molar-refractivity contribution is -0.117. The van der Waals surface area contributed by atoms with Crippen LogP contribution in [0.4, 0.5) is 0 Å². The fourth-order valence-corrected chi connectivity index (χ4v) is 4.06. The molecule has 3 aromatic rings. The molecule has 0 aromatic heterocycles. The Morgan fingerprint density at radius 2 is 1.68 bits per heavy atom. The maximum Gasteiger partial charge on any atom is 0.181 e. The third kappa shape index (κ3) is 5.26. The van der Waals surface area contributed by atoms with Gasteiger partial charge in [0.05, 0.1) is 0 Å². The van der Waals surface area contributed by atoms with Crippen LogP contribution in [0.15, 0.2) is 84.9 Å². The lowest BCUT2D eigenvalue weighted by Gasteiger charge is -2.11. The maximum absolute atomic E-state index is 11.2. The summed E-state index contributed by atoms with van der Waals surface area (Å²) in [7, 11) is 0. The predicted molar refractivity (Wildman–Crippen MR) is 127 cm³/mol. The second kappa shape index (κ2) is 10.2. The summed E-state index contributed by atoms with van der Waals surface area (Å²) in [5.74, 6) is -0.289. The van der Waals surface area contributed by atoms with Gasteiger partial charge in [0.25, 0.3) is 0 Å². The first-order chi connectivity index (χ1) is 15.2. The van der Waals surface area contributed by atoms with Crippen molar-refractivity contribution < 1.29 is 9.90 Å². The molecule has 3 heteroatoms. The largest absolute Gasteiger partial charge is 0.388 e. The van der Waals surface area contributed by atoms with E-state index in [1.165, 1.54) is 39.5 Å². The molecule has 0 atom stereocenters. The Hall–Kier alpha value is -3.27. The minimum Gasteiger partial charge on any atom is -0.388 e. The molecule has 156 valence electrons. The molecule has 0 saturated carbocycles. The number of aliphatic hydroxyl groups excluding tert-OH is 1. The predicted octanol–water partition coefficient (Wildman–Crippen LogP) is 4.91. The molecular formula is C28H27NO2. The third-order valence-electron chi connectivity index (χ3n) is 5.67. The van der Waals surface area contributed by atoms with Gasteiger partial charge in [0.2, 0.25) is 0 Å². The number of hydrogen-bond donors (Lipinski definition) is 2. The molecule has 4 rings (SSSR count). The van der Waals surface area contributed by atoms with E-state index in [1.54, 1.807) is 6.08 Å². The van der Waals surface area contributed by atoms with E-state index in [0.29, 0.717) is 0 Å². The number of allylic oxidation sites excluding steroid dienone is 1. The van der Waals surface area contributed by atoms with Gasteiger partial charge in [0, 0.05) is 6.54 Å². The average Bonchev–Trinajstić information content (AvgIpc) is 3.20. The van der Waals surface area contributed by atoms with E-state index in [-0.39, 0.29) is 5.78 Å². The van der Waals surface area contributed by atoms with Crippen molar-refractivity contribution >= 4 is 23.0 Å². The molecule has 3 nitrogen and oxygen atoms in total. The summed E-state index contributed by atoms with van der Waals surface area (Å²) < 4.78 is 0. The number of carbonyl (C=O) groups excluding carboxylic acids is 1. The molecule has 1 aliphatic rings. The van der Waals surface area contributed by atoms with E-state index in [1.807, 2.05) is 12.1 Å². The molecule has 0 aliphatic heterocycles. The average molecular weight is 410 g/mol. The molecule has 31 heavy (non-hydrogen) atoms. The molecule has 0 saturated heterocycles. The van der Waals surface area contributed by atoms with Crippen molar-refractivity contribution in [1.29, 1.82) is 0 Å². The molecule has 0 spiro atoms. The van der Waals surface area contributed by atoms with E-state index >= 15 is 0 Å². The summed E-state index contributed by atoms with van der Waals surface area (Å²) in [6.45, 7) is 1.26.